The summed E-state index contributed by atoms with van der Waals surface area (Å²) < 4.78 is 0. The molecule has 0 saturated heterocycles. The Kier molecular flexibility index (Phi) is 4.15. The molecule has 1 amide bonds. The second kappa shape index (κ2) is 6.01. The van der Waals surface area contributed by atoms with Crippen LogP contribution in [0.2, 0.25) is 0 Å². The predicted octanol–water partition coefficient (Wildman–Crippen LogP) is 1.77. The summed E-state index contributed by atoms with van der Waals surface area (Å²) in [4.78, 5) is 17.3. The van der Waals surface area contributed by atoms with Gasteiger partial charge in [-0.2, -0.15) is 0 Å². The first-order valence-electron chi connectivity index (χ1n) is 5.91. The molecule has 6 nitrogen and oxygen atoms in total. The van der Waals surface area contributed by atoms with E-state index in [1.807, 2.05) is 24.3 Å². The third kappa shape index (κ3) is 3.32. The van der Waals surface area contributed by atoms with Crippen LogP contribution in [0.3, 0.4) is 0 Å². The van der Waals surface area contributed by atoms with Crippen LogP contribution >= 0.6 is 0 Å². The fourth-order valence-corrected chi connectivity index (χ4v) is 1.91. The molecule has 1 heterocycles. The van der Waals surface area contributed by atoms with Crippen LogP contribution in [0.5, 0.6) is 0 Å². The van der Waals surface area contributed by atoms with E-state index in [0.29, 0.717) is 6.42 Å². The van der Waals surface area contributed by atoms with Crippen molar-refractivity contribution in [1.29, 1.82) is 0 Å². The SMILES string of the molecule is O=C(O)NCCC(O)c1ccccc1-c1cnc[nH]1. The molecule has 0 aliphatic carbocycles. The largest absolute Gasteiger partial charge is 0.465 e. The van der Waals surface area contributed by atoms with Crippen molar-refractivity contribution in [3.05, 3.63) is 42.4 Å². The van der Waals surface area contributed by atoms with Gasteiger partial charge in [0.2, 0.25) is 0 Å². The third-order valence-electron chi connectivity index (χ3n) is 2.80. The molecule has 1 aromatic heterocycles. The molecule has 0 spiro atoms. The van der Waals surface area contributed by atoms with E-state index in [2.05, 4.69) is 15.3 Å². The Labute approximate surface area is 110 Å². The number of imidazole rings is 1. The van der Waals surface area contributed by atoms with Gasteiger partial charge >= 0.3 is 6.09 Å². The molecule has 0 aliphatic rings. The topological polar surface area (TPSA) is 98.2 Å². The quantitative estimate of drug-likeness (QED) is 0.659. The van der Waals surface area contributed by atoms with Crippen molar-refractivity contribution in [1.82, 2.24) is 15.3 Å². The molecule has 0 fully saturated rings. The lowest BCUT2D eigenvalue weighted by Gasteiger charge is -2.14. The lowest BCUT2D eigenvalue weighted by molar-refractivity contribution is 0.162. The number of aliphatic hydroxyl groups excluding tert-OH is 1. The number of aromatic amines is 1. The minimum atomic E-state index is -1.09. The number of rotatable bonds is 5. The fraction of sp³-hybridized carbons (Fsp3) is 0.231. The molecule has 100 valence electrons. The van der Waals surface area contributed by atoms with Crippen LogP contribution in [0, 0.1) is 0 Å². The Morgan fingerprint density at radius 3 is 2.89 bits per heavy atom. The molecule has 0 saturated carbocycles. The number of H-pyrrole nitrogens is 1. The van der Waals surface area contributed by atoms with E-state index in [1.54, 1.807) is 12.5 Å². The van der Waals surface area contributed by atoms with Crippen molar-refractivity contribution in [2.45, 2.75) is 12.5 Å². The number of amides is 1. The van der Waals surface area contributed by atoms with Crippen LogP contribution in [-0.2, 0) is 0 Å². The van der Waals surface area contributed by atoms with Gasteiger partial charge in [-0.1, -0.05) is 24.3 Å². The number of carbonyl (C=O) groups is 1. The minimum absolute atomic E-state index is 0.202. The summed E-state index contributed by atoms with van der Waals surface area (Å²) in [5.74, 6) is 0. The maximum Gasteiger partial charge on any atom is 0.404 e. The first-order chi connectivity index (χ1) is 9.18. The molecular weight excluding hydrogens is 246 g/mol. The lowest BCUT2D eigenvalue weighted by Crippen LogP contribution is -2.23. The van der Waals surface area contributed by atoms with E-state index in [0.717, 1.165) is 16.8 Å². The van der Waals surface area contributed by atoms with Crippen LogP contribution in [-0.4, -0.2) is 32.8 Å². The Morgan fingerprint density at radius 2 is 2.21 bits per heavy atom. The number of aliphatic hydroxyl groups is 1. The van der Waals surface area contributed by atoms with E-state index >= 15 is 0 Å². The minimum Gasteiger partial charge on any atom is -0.465 e. The van der Waals surface area contributed by atoms with Crippen molar-refractivity contribution in [2.75, 3.05) is 6.54 Å². The first-order valence-corrected chi connectivity index (χ1v) is 5.91. The predicted molar refractivity (Wildman–Crippen MR) is 69.6 cm³/mol. The molecule has 0 aliphatic heterocycles. The zero-order chi connectivity index (χ0) is 13.7. The van der Waals surface area contributed by atoms with Crippen LogP contribution in [0.25, 0.3) is 11.3 Å². The lowest BCUT2D eigenvalue weighted by atomic mass is 9.98. The zero-order valence-corrected chi connectivity index (χ0v) is 10.2. The highest BCUT2D eigenvalue weighted by Gasteiger charge is 2.14. The van der Waals surface area contributed by atoms with Crippen LogP contribution in [0.1, 0.15) is 18.1 Å². The second-order valence-electron chi connectivity index (χ2n) is 4.09. The van der Waals surface area contributed by atoms with Crippen molar-refractivity contribution in [2.24, 2.45) is 0 Å². The highest BCUT2D eigenvalue weighted by atomic mass is 16.4. The van der Waals surface area contributed by atoms with E-state index in [1.165, 1.54) is 0 Å². The van der Waals surface area contributed by atoms with Gasteiger partial charge in [-0.15, -0.1) is 0 Å². The van der Waals surface area contributed by atoms with E-state index in [-0.39, 0.29) is 6.54 Å². The van der Waals surface area contributed by atoms with Crippen molar-refractivity contribution in [3.8, 4) is 11.3 Å². The first kappa shape index (κ1) is 13.1. The molecular formula is C13H15N3O3. The summed E-state index contributed by atoms with van der Waals surface area (Å²) in [5.41, 5.74) is 2.43. The fourth-order valence-electron chi connectivity index (χ4n) is 1.91. The number of carboxylic acid groups (broad SMARTS) is 1. The van der Waals surface area contributed by atoms with Gasteiger partial charge in [-0.25, -0.2) is 9.78 Å². The number of hydrogen-bond donors (Lipinski definition) is 4. The normalized spacial score (nSPS) is 12.1. The van der Waals surface area contributed by atoms with Gasteiger partial charge in [-0.3, -0.25) is 0 Å². The molecule has 0 radical (unpaired) electrons. The maximum absolute atomic E-state index is 10.4. The molecule has 4 N–H and O–H groups in total. The standard InChI is InChI=1S/C13H15N3O3/c17-12(5-6-15-13(18)19)10-4-2-1-3-9(10)11-7-14-8-16-11/h1-4,7-8,12,15,17H,5-6H2,(H,14,16)(H,18,19). The van der Waals surface area contributed by atoms with Gasteiger partial charge in [0.1, 0.15) is 0 Å². The average molecular weight is 261 g/mol. The molecule has 0 bridgehead atoms. The molecule has 19 heavy (non-hydrogen) atoms. The van der Waals surface area contributed by atoms with Gasteiger partial charge in [0.25, 0.3) is 0 Å². The van der Waals surface area contributed by atoms with Crippen molar-refractivity contribution in [3.63, 3.8) is 0 Å². The zero-order valence-electron chi connectivity index (χ0n) is 10.2. The monoisotopic (exact) mass is 261 g/mol. The van der Waals surface area contributed by atoms with Gasteiger partial charge < -0.3 is 20.5 Å². The number of hydrogen-bond acceptors (Lipinski definition) is 3. The summed E-state index contributed by atoms with van der Waals surface area (Å²) >= 11 is 0. The van der Waals surface area contributed by atoms with Crippen LogP contribution < -0.4 is 5.32 Å². The summed E-state index contributed by atoms with van der Waals surface area (Å²) in [5, 5.41) is 20.9. The Bertz CT molecular complexity index is 540. The van der Waals surface area contributed by atoms with Crippen molar-refractivity contribution >= 4 is 6.09 Å². The summed E-state index contributed by atoms with van der Waals surface area (Å²) in [6.45, 7) is 0.202. The Balaban J connectivity index is 2.13. The Hall–Kier alpha value is -2.34. The number of benzene rings is 1. The Morgan fingerprint density at radius 1 is 1.42 bits per heavy atom. The highest BCUT2D eigenvalue weighted by molar-refractivity contribution is 5.64. The molecule has 6 heteroatoms. The highest BCUT2D eigenvalue weighted by Crippen LogP contribution is 2.27. The van der Waals surface area contributed by atoms with Crippen LogP contribution in [0.4, 0.5) is 4.79 Å². The second-order valence-corrected chi connectivity index (χ2v) is 4.09. The van der Waals surface area contributed by atoms with Gasteiger partial charge in [-0.05, 0) is 12.0 Å². The molecule has 2 aromatic rings. The van der Waals surface area contributed by atoms with E-state index < -0.39 is 12.2 Å². The van der Waals surface area contributed by atoms with Gasteiger partial charge in [0, 0.05) is 12.1 Å². The van der Waals surface area contributed by atoms with Crippen LogP contribution in [0.15, 0.2) is 36.8 Å². The molecule has 2 rings (SSSR count). The summed E-state index contributed by atoms with van der Waals surface area (Å²) in [7, 11) is 0. The van der Waals surface area contributed by atoms with E-state index in [9.17, 15) is 9.90 Å². The molecule has 1 atom stereocenters. The smallest absolute Gasteiger partial charge is 0.404 e. The third-order valence-corrected chi connectivity index (χ3v) is 2.80. The number of nitrogens with one attached hydrogen (secondary N) is 2. The van der Waals surface area contributed by atoms with Gasteiger partial charge in [0.05, 0.1) is 24.3 Å². The molecule has 1 unspecified atom stereocenters. The van der Waals surface area contributed by atoms with E-state index in [4.69, 9.17) is 5.11 Å². The number of nitrogens with zero attached hydrogens (tertiary/aromatic N) is 1. The summed E-state index contributed by atoms with van der Waals surface area (Å²) in [6.07, 6.45) is 1.75. The van der Waals surface area contributed by atoms with Gasteiger partial charge in [0.15, 0.2) is 0 Å². The molecule has 1 aromatic carbocycles. The number of aromatic nitrogens is 2. The van der Waals surface area contributed by atoms with Crippen molar-refractivity contribution < 1.29 is 15.0 Å². The average Bonchev–Trinajstić information content (AvgIpc) is 2.92. The maximum atomic E-state index is 10.4. The summed E-state index contributed by atoms with van der Waals surface area (Å²) in [6, 6.07) is 7.42.